The van der Waals surface area contributed by atoms with Gasteiger partial charge in [-0.1, -0.05) is 18.2 Å². The van der Waals surface area contributed by atoms with Crippen molar-refractivity contribution in [3.05, 3.63) is 46.7 Å². The summed E-state index contributed by atoms with van der Waals surface area (Å²) in [5, 5.41) is 9.74. The van der Waals surface area contributed by atoms with Gasteiger partial charge in [0.05, 0.1) is 25.9 Å². The highest BCUT2D eigenvalue weighted by atomic mass is 32.1. The summed E-state index contributed by atoms with van der Waals surface area (Å²) in [5.41, 5.74) is 0.694. The normalized spacial score (nSPS) is 9.86. The molecule has 1 aromatic carbocycles. The van der Waals surface area contributed by atoms with Crippen molar-refractivity contribution >= 4 is 29.0 Å². The smallest absolute Gasteiger partial charge is 0.321 e. The summed E-state index contributed by atoms with van der Waals surface area (Å²) < 4.78 is 5.17. The predicted molar refractivity (Wildman–Crippen MR) is 86.2 cm³/mol. The number of carbonyl (C=O) groups is 2. The second kappa shape index (κ2) is 8.04. The Morgan fingerprint density at radius 3 is 2.73 bits per heavy atom. The first-order valence-electron chi connectivity index (χ1n) is 6.66. The van der Waals surface area contributed by atoms with E-state index in [2.05, 4.69) is 16.0 Å². The molecular formula is C15H17N3O3S. The third-order valence-corrected chi connectivity index (χ3v) is 3.68. The Morgan fingerprint density at radius 2 is 2.00 bits per heavy atom. The topological polar surface area (TPSA) is 79.5 Å². The van der Waals surface area contributed by atoms with Crippen LogP contribution in [0.2, 0.25) is 0 Å². The molecule has 0 aliphatic rings. The van der Waals surface area contributed by atoms with Crippen molar-refractivity contribution < 1.29 is 14.3 Å². The lowest BCUT2D eigenvalue weighted by atomic mass is 10.3. The number of imide groups is 1. The number of thiophene rings is 1. The van der Waals surface area contributed by atoms with E-state index in [1.165, 1.54) is 0 Å². The number of anilines is 1. The molecule has 116 valence electrons. The molecular weight excluding hydrogens is 302 g/mol. The van der Waals surface area contributed by atoms with E-state index in [-0.39, 0.29) is 6.54 Å². The number of urea groups is 1. The Hall–Kier alpha value is -2.54. The Labute approximate surface area is 132 Å². The number of para-hydroxylation sites is 2. The van der Waals surface area contributed by atoms with Gasteiger partial charge < -0.3 is 15.4 Å². The van der Waals surface area contributed by atoms with Crippen LogP contribution in [0.4, 0.5) is 10.5 Å². The van der Waals surface area contributed by atoms with Crippen LogP contribution in [0, 0.1) is 0 Å². The average molecular weight is 319 g/mol. The predicted octanol–water partition coefficient (Wildman–Crippen LogP) is 2.19. The van der Waals surface area contributed by atoms with E-state index in [9.17, 15) is 9.59 Å². The summed E-state index contributed by atoms with van der Waals surface area (Å²) in [6.07, 6.45) is 0. The molecule has 6 nitrogen and oxygen atoms in total. The molecule has 0 saturated heterocycles. The molecule has 2 aromatic rings. The highest BCUT2D eigenvalue weighted by molar-refractivity contribution is 7.09. The van der Waals surface area contributed by atoms with Gasteiger partial charge in [0.2, 0.25) is 5.91 Å². The zero-order chi connectivity index (χ0) is 15.8. The molecule has 0 aliphatic heterocycles. The SMILES string of the molecule is COc1ccccc1NCC(=O)NC(=O)NCc1cccs1. The molecule has 3 N–H and O–H groups in total. The van der Waals surface area contributed by atoms with E-state index in [1.54, 1.807) is 30.6 Å². The molecule has 0 radical (unpaired) electrons. The zero-order valence-electron chi connectivity index (χ0n) is 12.1. The number of nitrogens with one attached hydrogen (secondary N) is 3. The minimum Gasteiger partial charge on any atom is -0.495 e. The van der Waals surface area contributed by atoms with Crippen LogP contribution in [-0.4, -0.2) is 25.6 Å². The number of hydrogen-bond acceptors (Lipinski definition) is 5. The van der Waals surface area contributed by atoms with Gasteiger partial charge in [0.1, 0.15) is 5.75 Å². The van der Waals surface area contributed by atoms with Gasteiger partial charge in [-0.05, 0) is 23.6 Å². The van der Waals surface area contributed by atoms with E-state index in [1.807, 2.05) is 29.6 Å². The van der Waals surface area contributed by atoms with Crippen LogP contribution in [-0.2, 0) is 11.3 Å². The van der Waals surface area contributed by atoms with Gasteiger partial charge in [-0.25, -0.2) is 4.79 Å². The summed E-state index contributed by atoms with van der Waals surface area (Å²) in [6.45, 7) is 0.378. The fourth-order valence-electron chi connectivity index (χ4n) is 1.76. The van der Waals surface area contributed by atoms with E-state index in [4.69, 9.17) is 4.74 Å². The Kier molecular flexibility index (Phi) is 5.79. The first-order chi connectivity index (χ1) is 10.7. The van der Waals surface area contributed by atoms with Gasteiger partial charge in [-0.3, -0.25) is 10.1 Å². The van der Waals surface area contributed by atoms with Crippen molar-refractivity contribution in [2.45, 2.75) is 6.54 Å². The lowest BCUT2D eigenvalue weighted by Crippen LogP contribution is -2.41. The average Bonchev–Trinajstić information content (AvgIpc) is 3.04. The number of methoxy groups -OCH3 is 1. The molecule has 0 saturated carbocycles. The second-order valence-corrected chi connectivity index (χ2v) is 5.40. The van der Waals surface area contributed by atoms with Gasteiger partial charge in [0, 0.05) is 4.88 Å². The Bertz CT molecular complexity index is 629. The van der Waals surface area contributed by atoms with Crippen molar-refractivity contribution in [2.75, 3.05) is 19.0 Å². The molecule has 0 fully saturated rings. The van der Waals surface area contributed by atoms with E-state index in [0.717, 1.165) is 4.88 Å². The van der Waals surface area contributed by atoms with Crippen molar-refractivity contribution in [1.82, 2.24) is 10.6 Å². The highest BCUT2D eigenvalue weighted by Crippen LogP contribution is 2.22. The molecule has 3 amide bonds. The van der Waals surface area contributed by atoms with Gasteiger partial charge in [0.25, 0.3) is 0 Å². The van der Waals surface area contributed by atoms with E-state index >= 15 is 0 Å². The molecule has 0 aliphatic carbocycles. The summed E-state index contributed by atoms with van der Waals surface area (Å²) in [5.74, 6) is 0.215. The van der Waals surface area contributed by atoms with Gasteiger partial charge >= 0.3 is 6.03 Å². The first-order valence-corrected chi connectivity index (χ1v) is 7.54. The van der Waals surface area contributed by atoms with Crippen LogP contribution < -0.4 is 20.7 Å². The number of ether oxygens (including phenoxy) is 1. The van der Waals surface area contributed by atoms with Crippen molar-refractivity contribution in [2.24, 2.45) is 0 Å². The third-order valence-electron chi connectivity index (χ3n) is 2.80. The molecule has 0 spiro atoms. The maximum atomic E-state index is 11.7. The largest absolute Gasteiger partial charge is 0.495 e. The molecule has 0 unspecified atom stereocenters. The lowest BCUT2D eigenvalue weighted by Gasteiger charge is -2.10. The van der Waals surface area contributed by atoms with Crippen molar-refractivity contribution in [1.29, 1.82) is 0 Å². The number of carbonyl (C=O) groups excluding carboxylic acids is 2. The summed E-state index contributed by atoms with van der Waals surface area (Å²) in [7, 11) is 1.55. The standard InChI is InChI=1S/C15H17N3O3S/c1-21-13-7-3-2-6-12(13)16-10-14(19)18-15(20)17-9-11-5-4-8-22-11/h2-8,16H,9-10H2,1H3,(H2,17,18,19,20). The van der Waals surface area contributed by atoms with Gasteiger partial charge in [-0.15, -0.1) is 11.3 Å². The molecule has 7 heteroatoms. The number of benzene rings is 1. The van der Waals surface area contributed by atoms with Crippen LogP contribution in [0.1, 0.15) is 4.88 Å². The maximum Gasteiger partial charge on any atom is 0.321 e. The van der Waals surface area contributed by atoms with Gasteiger partial charge in [-0.2, -0.15) is 0 Å². The van der Waals surface area contributed by atoms with Crippen LogP contribution in [0.3, 0.4) is 0 Å². The summed E-state index contributed by atoms with van der Waals surface area (Å²) >= 11 is 1.54. The quantitative estimate of drug-likeness (QED) is 0.762. The van der Waals surface area contributed by atoms with Gasteiger partial charge in [0.15, 0.2) is 0 Å². The number of hydrogen-bond donors (Lipinski definition) is 3. The molecule has 1 aromatic heterocycles. The molecule has 0 atom stereocenters. The minimum atomic E-state index is -0.514. The van der Waals surface area contributed by atoms with Crippen LogP contribution in [0.25, 0.3) is 0 Å². The van der Waals surface area contributed by atoms with Crippen LogP contribution in [0.15, 0.2) is 41.8 Å². The highest BCUT2D eigenvalue weighted by Gasteiger charge is 2.08. The summed E-state index contributed by atoms with van der Waals surface area (Å²) in [4.78, 5) is 24.3. The van der Waals surface area contributed by atoms with E-state index < -0.39 is 11.9 Å². The first kappa shape index (κ1) is 15.8. The zero-order valence-corrected chi connectivity index (χ0v) is 12.9. The Balaban J connectivity index is 1.74. The minimum absolute atomic E-state index is 0.0210. The lowest BCUT2D eigenvalue weighted by molar-refractivity contribution is -0.118. The monoisotopic (exact) mass is 319 g/mol. The second-order valence-electron chi connectivity index (χ2n) is 4.36. The van der Waals surface area contributed by atoms with Crippen molar-refractivity contribution in [3.63, 3.8) is 0 Å². The number of amides is 3. The fourth-order valence-corrected chi connectivity index (χ4v) is 2.41. The van der Waals surface area contributed by atoms with E-state index in [0.29, 0.717) is 18.0 Å². The molecule has 0 bridgehead atoms. The van der Waals surface area contributed by atoms with Crippen molar-refractivity contribution in [3.8, 4) is 5.75 Å². The number of rotatable bonds is 6. The molecule has 2 rings (SSSR count). The molecule has 1 heterocycles. The fraction of sp³-hybridized carbons (Fsp3) is 0.200. The third kappa shape index (κ3) is 4.78. The summed E-state index contributed by atoms with van der Waals surface area (Å²) in [6, 6.07) is 10.5. The van der Waals surface area contributed by atoms with Crippen LogP contribution >= 0.6 is 11.3 Å². The Morgan fingerprint density at radius 1 is 1.18 bits per heavy atom. The molecule has 22 heavy (non-hydrogen) atoms. The maximum absolute atomic E-state index is 11.7. The van der Waals surface area contributed by atoms with Crippen LogP contribution in [0.5, 0.6) is 5.75 Å².